The first-order valence-corrected chi connectivity index (χ1v) is 2.34. The molecular formula is C4H12N2O. The number of quaternary nitrogens is 1. The highest BCUT2D eigenvalue weighted by molar-refractivity contribution is 4.33. The molecule has 0 aliphatic rings. The molecule has 1 unspecified atom stereocenters. The fourth-order valence-electron chi connectivity index (χ4n) is 0.394. The minimum atomic E-state index is 0.806. The van der Waals surface area contributed by atoms with Gasteiger partial charge in [0, 0.05) is 0 Å². The monoisotopic (exact) mass is 104 g/mol. The highest BCUT2D eigenvalue weighted by atomic mass is 16.7. The summed E-state index contributed by atoms with van der Waals surface area (Å²) in [7, 11) is 3.36. The Labute approximate surface area is 44.2 Å². The van der Waals surface area contributed by atoms with Crippen LogP contribution in [-0.4, -0.2) is 20.7 Å². The van der Waals surface area contributed by atoms with Crippen LogP contribution >= 0.6 is 0 Å². The maximum Gasteiger partial charge on any atom is 0.0947 e. The van der Waals surface area contributed by atoms with Gasteiger partial charge in [-0.2, -0.15) is 0 Å². The lowest BCUT2D eigenvalue weighted by atomic mass is 10.8. The fraction of sp³-hybridized carbons (Fsp3) is 1.00. The van der Waals surface area contributed by atoms with E-state index in [2.05, 4.69) is 5.43 Å². The largest absolute Gasteiger partial charge is 0.423 e. The van der Waals surface area contributed by atoms with Gasteiger partial charge in [-0.3, -0.25) is 5.17 Å². The Balaban J connectivity index is 2.99. The summed E-state index contributed by atoms with van der Waals surface area (Å²) in [5, 5.41) is 0.806. The van der Waals surface area contributed by atoms with Gasteiger partial charge in [-0.05, 0) is 6.92 Å². The van der Waals surface area contributed by atoms with E-state index in [4.69, 9.17) is 4.84 Å². The lowest BCUT2D eigenvalue weighted by Gasteiger charge is -2.21. The number of hydroxylamine groups is 1. The van der Waals surface area contributed by atoms with Gasteiger partial charge >= 0.3 is 0 Å². The van der Waals surface area contributed by atoms with E-state index < -0.39 is 0 Å². The summed E-state index contributed by atoms with van der Waals surface area (Å²) in [6.45, 7) is 2.89. The summed E-state index contributed by atoms with van der Waals surface area (Å²) in [6, 6.07) is 0. The van der Waals surface area contributed by atoms with Gasteiger partial charge in [0.05, 0.1) is 13.7 Å². The van der Waals surface area contributed by atoms with E-state index in [0.717, 1.165) is 11.7 Å². The maximum absolute atomic E-state index is 4.80. The van der Waals surface area contributed by atoms with E-state index >= 15 is 0 Å². The Kier molecular flexibility index (Phi) is 3.98. The summed E-state index contributed by atoms with van der Waals surface area (Å²) in [5.74, 6) is 0. The van der Waals surface area contributed by atoms with Crippen LogP contribution < -0.4 is 5.17 Å². The van der Waals surface area contributed by atoms with Crippen molar-refractivity contribution < 1.29 is 10.0 Å². The van der Waals surface area contributed by atoms with E-state index in [1.54, 1.807) is 14.2 Å². The van der Waals surface area contributed by atoms with Crippen molar-refractivity contribution >= 4 is 0 Å². The van der Waals surface area contributed by atoms with Crippen molar-refractivity contribution in [1.82, 2.24) is 0 Å². The van der Waals surface area contributed by atoms with Crippen LogP contribution in [0, 0.1) is 0 Å². The predicted molar refractivity (Wildman–Crippen MR) is 27.8 cm³/mol. The highest BCUT2D eigenvalue weighted by Gasteiger charge is 1.84. The topological polar surface area (TPSA) is 27.8 Å². The summed E-state index contributed by atoms with van der Waals surface area (Å²) in [5.41, 5.74) is 3.82. The van der Waals surface area contributed by atoms with E-state index in [0.29, 0.717) is 0 Å². The zero-order valence-electron chi connectivity index (χ0n) is 5.06. The molecule has 0 radical (unpaired) electrons. The molecule has 0 rings (SSSR count). The van der Waals surface area contributed by atoms with Crippen LogP contribution in [0.3, 0.4) is 0 Å². The van der Waals surface area contributed by atoms with E-state index in [1.807, 2.05) is 6.92 Å². The molecule has 3 heteroatoms. The summed E-state index contributed by atoms with van der Waals surface area (Å²) < 4.78 is 0. The minimum Gasteiger partial charge on any atom is -0.423 e. The molecular weight excluding hydrogens is 92.1 g/mol. The van der Waals surface area contributed by atoms with Crippen LogP contribution in [-0.2, 0) is 4.84 Å². The zero-order valence-corrected chi connectivity index (χ0v) is 5.06. The molecule has 0 aromatic heterocycles. The quantitative estimate of drug-likeness (QED) is 0.474. The van der Waals surface area contributed by atoms with Crippen molar-refractivity contribution in [2.24, 2.45) is 0 Å². The van der Waals surface area contributed by atoms with E-state index in [9.17, 15) is 0 Å². The molecule has 0 saturated heterocycles. The Morgan fingerprint density at radius 1 is 1.71 bits per heavy atom. The molecule has 0 aromatic rings. The van der Waals surface area contributed by atoms with Gasteiger partial charge < -0.3 is 5.43 Å². The van der Waals surface area contributed by atoms with Crippen LogP contribution in [0.2, 0.25) is 0 Å². The molecule has 44 valence electrons. The van der Waals surface area contributed by atoms with E-state index in [1.165, 1.54) is 0 Å². The molecule has 0 saturated carbocycles. The third-order valence-electron chi connectivity index (χ3n) is 0.787. The normalized spacial score (nSPS) is 14.1. The average molecular weight is 104 g/mol. The Bertz CT molecular complexity index is 31.2. The number of rotatable bonds is 3. The predicted octanol–water partition coefficient (Wildman–Crippen LogP) is -0.629. The van der Waals surface area contributed by atoms with Crippen molar-refractivity contribution in [2.75, 3.05) is 20.7 Å². The second-order valence-electron chi connectivity index (χ2n) is 1.18. The number of nitrogens with one attached hydrogen (secondary N) is 1. The second kappa shape index (κ2) is 4.05. The lowest BCUT2D eigenvalue weighted by Crippen LogP contribution is -3.06. The standard InChI is InChI=1S/C4H12N2O/c1-4-6(5-2)7-3/h6H,4H2,1-3H3. The fourth-order valence-corrected chi connectivity index (χ4v) is 0.394. The molecule has 1 atom stereocenters. The van der Waals surface area contributed by atoms with Gasteiger partial charge in [0.15, 0.2) is 0 Å². The Morgan fingerprint density at radius 3 is 2.29 bits per heavy atom. The molecule has 0 amide bonds. The van der Waals surface area contributed by atoms with Gasteiger partial charge in [-0.25, -0.2) is 4.84 Å². The third-order valence-corrected chi connectivity index (χ3v) is 0.787. The van der Waals surface area contributed by atoms with Crippen molar-refractivity contribution in [1.29, 1.82) is 0 Å². The van der Waals surface area contributed by atoms with Crippen molar-refractivity contribution in [3.05, 3.63) is 5.43 Å². The SMILES string of the molecule is CC[NH+]([N-]C)OC. The molecule has 0 bridgehead atoms. The van der Waals surface area contributed by atoms with Crippen LogP contribution in [0.25, 0.3) is 5.43 Å². The molecule has 0 aliphatic heterocycles. The first-order valence-electron chi connectivity index (χ1n) is 2.34. The number of nitrogens with zero attached hydrogens (tertiary/aromatic N) is 1. The average Bonchev–Trinajstić information content (AvgIpc) is 1.72. The van der Waals surface area contributed by atoms with Crippen LogP contribution in [0.1, 0.15) is 6.92 Å². The summed E-state index contributed by atoms with van der Waals surface area (Å²) in [6.07, 6.45) is 0. The summed E-state index contributed by atoms with van der Waals surface area (Å²) in [4.78, 5) is 4.80. The van der Waals surface area contributed by atoms with Crippen LogP contribution in [0.4, 0.5) is 0 Å². The van der Waals surface area contributed by atoms with Gasteiger partial charge in [0.1, 0.15) is 0 Å². The van der Waals surface area contributed by atoms with Gasteiger partial charge in [-0.1, -0.05) is 0 Å². The minimum absolute atomic E-state index is 0.806. The molecule has 7 heavy (non-hydrogen) atoms. The van der Waals surface area contributed by atoms with Crippen molar-refractivity contribution in [3.63, 3.8) is 0 Å². The molecule has 0 aliphatic carbocycles. The molecule has 0 aromatic carbocycles. The van der Waals surface area contributed by atoms with E-state index in [-0.39, 0.29) is 0 Å². The van der Waals surface area contributed by atoms with Crippen molar-refractivity contribution in [2.45, 2.75) is 6.92 Å². The van der Waals surface area contributed by atoms with Gasteiger partial charge in [0.2, 0.25) is 0 Å². The maximum atomic E-state index is 4.80. The van der Waals surface area contributed by atoms with Crippen LogP contribution in [0.15, 0.2) is 0 Å². The smallest absolute Gasteiger partial charge is 0.0947 e. The first-order chi connectivity index (χ1) is 3.35. The molecule has 1 N–H and O–H groups in total. The lowest BCUT2D eigenvalue weighted by molar-refractivity contribution is -1.06. The summed E-state index contributed by atoms with van der Waals surface area (Å²) >= 11 is 0. The molecule has 0 spiro atoms. The number of hydrogen-bond acceptors (Lipinski definition) is 1. The van der Waals surface area contributed by atoms with Gasteiger partial charge in [0.25, 0.3) is 0 Å². The van der Waals surface area contributed by atoms with Crippen LogP contribution in [0.5, 0.6) is 0 Å². The third kappa shape index (κ3) is 2.56. The Hall–Kier alpha value is -0.120. The molecule has 0 heterocycles. The molecule has 0 fully saturated rings. The highest BCUT2D eigenvalue weighted by Crippen LogP contribution is 1.53. The number of hydrogen-bond donors (Lipinski definition) is 1. The molecule has 3 nitrogen and oxygen atoms in total. The van der Waals surface area contributed by atoms with Gasteiger partial charge in [-0.15, -0.1) is 7.05 Å². The zero-order chi connectivity index (χ0) is 5.70. The Morgan fingerprint density at radius 2 is 2.29 bits per heavy atom. The second-order valence-corrected chi connectivity index (χ2v) is 1.18. The first kappa shape index (κ1) is 6.88. The van der Waals surface area contributed by atoms with Crippen molar-refractivity contribution in [3.8, 4) is 0 Å².